The molecule has 1 rings (SSSR count). The predicted molar refractivity (Wildman–Crippen MR) is 131 cm³/mol. The number of rotatable bonds is 12. The van der Waals surface area contributed by atoms with E-state index in [1.165, 1.54) is 0 Å². The average molecular weight is 540 g/mol. The van der Waals surface area contributed by atoms with Crippen molar-refractivity contribution in [3.8, 4) is 0 Å². The minimum Gasteiger partial charge on any atom is -0.383 e. The van der Waals surface area contributed by atoms with E-state index in [1.54, 1.807) is 7.11 Å². The lowest BCUT2D eigenvalue weighted by Gasteiger charge is -2.31. The van der Waals surface area contributed by atoms with Crippen molar-refractivity contribution < 1.29 is 9.53 Å². The molecule has 9 heteroatoms. The van der Waals surface area contributed by atoms with E-state index in [0.717, 1.165) is 23.7 Å². The lowest BCUT2D eigenvalue weighted by molar-refractivity contribution is -0.119. The number of ether oxygens (including phenoxy) is 1. The number of carbonyl (C=O) groups is 1. The van der Waals surface area contributed by atoms with Gasteiger partial charge in [-0.15, -0.1) is 24.0 Å². The standard InChI is InChI=1S/C20H34ClN5O2.HI/c1-5-22-20(25-15-19(27)23-12-13-28-4)24-14-18(26(6-2)7-3)16-10-8-9-11-17(16)21;/h8-11,18H,5-7,12-15H2,1-4H3,(H,23,27)(H2,22,24,25);1H. The van der Waals surface area contributed by atoms with Gasteiger partial charge in [0, 0.05) is 31.8 Å². The molecule has 0 saturated heterocycles. The number of carbonyl (C=O) groups excluding carboxylic acids is 1. The average Bonchev–Trinajstić information content (AvgIpc) is 2.70. The molecule has 0 saturated carbocycles. The summed E-state index contributed by atoms with van der Waals surface area (Å²) < 4.78 is 4.93. The van der Waals surface area contributed by atoms with Crippen LogP contribution in [0.15, 0.2) is 29.3 Å². The van der Waals surface area contributed by atoms with Crippen LogP contribution in [0.4, 0.5) is 0 Å². The Hall–Kier alpha value is -1.10. The molecule has 1 amide bonds. The molecule has 0 aliphatic carbocycles. The molecule has 0 spiro atoms. The highest BCUT2D eigenvalue weighted by Gasteiger charge is 2.20. The number of benzene rings is 1. The Labute approximate surface area is 197 Å². The minimum atomic E-state index is -0.138. The second-order valence-corrected chi connectivity index (χ2v) is 6.58. The Morgan fingerprint density at radius 3 is 2.45 bits per heavy atom. The zero-order valence-corrected chi connectivity index (χ0v) is 20.9. The molecule has 1 aromatic carbocycles. The topological polar surface area (TPSA) is 78.0 Å². The van der Waals surface area contributed by atoms with E-state index in [4.69, 9.17) is 16.3 Å². The summed E-state index contributed by atoms with van der Waals surface area (Å²) in [6.45, 7) is 10.4. The molecule has 0 aliphatic rings. The van der Waals surface area contributed by atoms with Crippen LogP contribution in [0.25, 0.3) is 0 Å². The lowest BCUT2D eigenvalue weighted by Crippen LogP contribution is -2.44. The first kappa shape index (κ1) is 27.9. The second kappa shape index (κ2) is 16.7. The van der Waals surface area contributed by atoms with Gasteiger partial charge in [-0.05, 0) is 31.6 Å². The number of nitrogens with one attached hydrogen (secondary N) is 3. The lowest BCUT2D eigenvalue weighted by atomic mass is 10.0. The molecule has 0 aliphatic heterocycles. The Balaban J connectivity index is 0.00000784. The summed E-state index contributed by atoms with van der Waals surface area (Å²) in [4.78, 5) is 18.6. The van der Waals surface area contributed by atoms with Crippen LogP contribution in [0.3, 0.4) is 0 Å². The summed E-state index contributed by atoms with van der Waals surface area (Å²) in [6.07, 6.45) is 0. The van der Waals surface area contributed by atoms with Crippen molar-refractivity contribution in [2.24, 2.45) is 4.99 Å². The van der Waals surface area contributed by atoms with Crippen LogP contribution in [-0.2, 0) is 9.53 Å². The Kier molecular flexibility index (Phi) is 16.0. The molecule has 0 bridgehead atoms. The van der Waals surface area contributed by atoms with Gasteiger partial charge in [-0.2, -0.15) is 0 Å². The first-order valence-corrected chi connectivity index (χ1v) is 10.2. The zero-order valence-electron chi connectivity index (χ0n) is 17.8. The molecule has 0 heterocycles. The molecule has 1 atom stereocenters. The monoisotopic (exact) mass is 539 g/mol. The van der Waals surface area contributed by atoms with Crippen LogP contribution in [0.5, 0.6) is 0 Å². The van der Waals surface area contributed by atoms with Gasteiger partial charge in [-0.3, -0.25) is 9.69 Å². The molecule has 29 heavy (non-hydrogen) atoms. The quantitative estimate of drug-likeness (QED) is 0.165. The molecule has 1 unspecified atom stereocenters. The number of nitrogens with zero attached hydrogens (tertiary/aromatic N) is 2. The summed E-state index contributed by atoms with van der Waals surface area (Å²) in [6, 6.07) is 8.01. The summed E-state index contributed by atoms with van der Waals surface area (Å²) in [7, 11) is 1.60. The molecule has 0 fully saturated rings. The van der Waals surface area contributed by atoms with Gasteiger partial charge >= 0.3 is 0 Å². The first-order valence-electron chi connectivity index (χ1n) is 9.83. The fourth-order valence-electron chi connectivity index (χ4n) is 2.88. The van der Waals surface area contributed by atoms with Crippen LogP contribution < -0.4 is 16.0 Å². The number of hydrogen-bond acceptors (Lipinski definition) is 4. The first-order chi connectivity index (χ1) is 13.6. The van der Waals surface area contributed by atoms with Crippen molar-refractivity contribution in [1.82, 2.24) is 20.9 Å². The highest BCUT2D eigenvalue weighted by molar-refractivity contribution is 14.0. The van der Waals surface area contributed by atoms with Crippen LogP contribution in [0.1, 0.15) is 32.4 Å². The van der Waals surface area contributed by atoms with E-state index in [0.29, 0.717) is 32.2 Å². The second-order valence-electron chi connectivity index (χ2n) is 6.18. The van der Waals surface area contributed by atoms with E-state index in [1.807, 2.05) is 25.1 Å². The molecule has 166 valence electrons. The molecular weight excluding hydrogens is 505 g/mol. The highest BCUT2D eigenvalue weighted by atomic mass is 127. The zero-order chi connectivity index (χ0) is 20.8. The molecule has 3 N–H and O–H groups in total. The highest BCUT2D eigenvalue weighted by Crippen LogP contribution is 2.26. The number of guanidine groups is 1. The van der Waals surface area contributed by atoms with Crippen molar-refractivity contribution in [3.05, 3.63) is 34.9 Å². The third-order valence-corrected chi connectivity index (χ3v) is 4.68. The van der Waals surface area contributed by atoms with Gasteiger partial charge in [0.25, 0.3) is 0 Å². The van der Waals surface area contributed by atoms with Gasteiger partial charge < -0.3 is 20.7 Å². The SMILES string of the molecule is CCNC(=NCC(=O)NCCOC)NCC(c1ccccc1Cl)N(CC)CC.I. The molecule has 1 aromatic rings. The van der Waals surface area contributed by atoms with Crippen molar-refractivity contribution in [2.75, 3.05) is 53.0 Å². The molecular formula is C20H35ClIN5O2. The van der Waals surface area contributed by atoms with Crippen LogP contribution in [0.2, 0.25) is 5.02 Å². The maximum absolute atomic E-state index is 11.9. The smallest absolute Gasteiger partial charge is 0.241 e. The Morgan fingerprint density at radius 1 is 1.17 bits per heavy atom. The summed E-state index contributed by atoms with van der Waals surface area (Å²) in [5.41, 5.74) is 1.08. The van der Waals surface area contributed by atoms with Crippen LogP contribution in [0, 0.1) is 0 Å². The predicted octanol–water partition coefficient (Wildman–Crippen LogP) is 2.66. The van der Waals surface area contributed by atoms with E-state index in [9.17, 15) is 4.79 Å². The van der Waals surface area contributed by atoms with Crippen molar-refractivity contribution in [2.45, 2.75) is 26.8 Å². The summed E-state index contributed by atoms with van der Waals surface area (Å²) in [5.74, 6) is 0.467. The molecule has 0 radical (unpaired) electrons. The summed E-state index contributed by atoms with van der Waals surface area (Å²) >= 11 is 6.45. The van der Waals surface area contributed by atoms with Crippen molar-refractivity contribution in [1.29, 1.82) is 0 Å². The van der Waals surface area contributed by atoms with Gasteiger partial charge in [0.2, 0.25) is 5.91 Å². The van der Waals surface area contributed by atoms with Crippen LogP contribution >= 0.6 is 35.6 Å². The Morgan fingerprint density at radius 2 is 1.86 bits per heavy atom. The van der Waals surface area contributed by atoms with Gasteiger partial charge in [0.05, 0.1) is 12.6 Å². The molecule has 0 aromatic heterocycles. The van der Waals surface area contributed by atoms with E-state index in [-0.39, 0.29) is 42.5 Å². The number of halogens is 2. The van der Waals surface area contributed by atoms with Gasteiger partial charge in [-0.25, -0.2) is 4.99 Å². The van der Waals surface area contributed by atoms with E-state index in [2.05, 4.69) is 45.8 Å². The normalized spacial score (nSPS) is 12.3. The number of hydrogen-bond donors (Lipinski definition) is 3. The number of amides is 1. The number of aliphatic imine (C=N–C) groups is 1. The number of methoxy groups -OCH3 is 1. The Bertz CT molecular complexity index is 614. The minimum absolute atomic E-state index is 0. The number of likely N-dealkylation sites (N-methyl/N-ethyl adjacent to an activating group) is 1. The third kappa shape index (κ3) is 10.5. The van der Waals surface area contributed by atoms with Gasteiger partial charge in [-0.1, -0.05) is 43.6 Å². The van der Waals surface area contributed by atoms with E-state index >= 15 is 0 Å². The van der Waals surface area contributed by atoms with E-state index < -0.39 is 0 Å². The molecule has 7 nitrogen and oxygen atoms in total. The maximum Gasteiger partial charge on any atom is 0.241 e. The maximum atomic E-state index is 11.9. The van der Waals surface area contributed by atoms with Gasteiger partial charge in [0.1, 0.15) is 6.54 Å². The third-order valence-electron chi connectivity index (χ3n) is 4.33. The fraction of sp³-hybridized carbons (Fsp3) is 0.600. The largest absolute Gasteiger partial charge is 0.383 e. The van der Waals surface area contributed by atoms with Crippen molar-refractivity contribution >= 4 is 47.4 Å². The van der Waals surface area contributed by atoms with Crippen molar-refractivity contribution in [3.63, 3.8) is 0 Å². The van der Waals surface area contributed by atoms with Gasteiger partial charge in [0.15, 0.2) is 5.96 Å². The summed E-state index contributed by atoms with van der Waals surface area (Å²) in [5, 5.41) is 10.1. The fourth-order valence-corrected chi connectivity index (χ4v) is 3.14. The van der Waals surface area contributed by atoms with Crippen LogP contribution in [-0.4, -0.2) is 69.8 Å².